The average Bonchev–Trinajstić information content (AvgIpc) is 2.95. The summed E-state index contributed by atoms with van der Waals surface area (Å²) in [6.07, 6.45) is 3.22. The number of nitrogens with one attached hydrogen (secondary N) is 1. The van der Waals surface area contributed by atoms with Crippen molar-refractivity contribution in [1.82, 2.24) is 9.78 Å². The fourth-order valence-corrected chi connectivity index (χ4v) is 3.47. The highest BCUT2D eigenvalue weighted by Gasteiger charge is 2.11. The van der Waals surface area contributed by atoms with E-state index in [2.05, 4.69) is 9.82 Å². The number of hydrogen-bond donors (Lipinski definition) is 1. The predicted octanol–water partition coefficient (Wildman–Crippen LogP) is 3.47. The number of benzene rings is 2. The molecule has 118 valence electrons. The van der Waals surface area contributed by atoms with Gasteiger partial charge in [-0.2, -0.15) is 5.10 Å². The number of halogens is 1. The van der Waals surface area contributed by atoms with Gasteiger partial charge in [0, 0.05) is 11.9 Å². The van der Waals surface area contributed by atoms with Gasteiger partial charge >= 0.3 is 0 Å². The Kier molecular flexibility index (Phi) is 4.36. The van der Waals surface area contributed by atoms with Crippen molar-refractivity contribution in [3.63, 3.8) is 0 Å². The molecule has 0 aliphatic rings. The Morgan fingerprint density at radius 2 is 1.74 bits per heavy atom. The van der Waals surface area contributed by atoms with Crippen molar-refractivity contribution < 1.29 is 8.42 Å². The van der Waals surface area contributed by atoms with E-state index in [1.807, 2.05) is 18.2 Å². The van der Waals surface area contributed by atoms with E-state index in [1.54, 1.807) is 47.3 Å². The number of nitrogens with zero attached hydrogens (tertiary/aromatic N) is 2. The lowest BCUT2D eigenvalue weighted by molar-refractivity contribution is 0.600. The maximum absolute atomic E-state index is 12.2. The molecular formula is C16H14ClN3O2S. The van der Waals surface area contributed by atoms with Crippen LogP contribution >= 0.6 is 11.6 Å². The van der Waals surface area contributed by atoms with E-state index in [0.717, 1.165) is 11.3 Å². The Bertz CT molecular complexity index is 891. The quantitative estimate of drug-likeness (QED) is 0.768. The lowest BCUT2D eigenvalue weighted by Gasteiger charge is -2.09. The minimum atomic E-state index is -3.45. The van der Waals surface area contributed by atoms with E-state index in [-0.39, 0.29) is 5.75 Å². The van der Waals surface area contributed by atoms with Gasteiger partial charge in [0.2, 0.25) is 10.0 Å². The molecule has 0 saturated heterocycles. The normalized spacial score (nSPS) is 11.3. The van der Waals surface area contributed by atoms with E-state index >= 15 is 0 Å². The van der Waals surface area contributed by atoms with Crippen molar-refractivity contribution >= 4 is 27.3 Å². The van der Waals surface area contributed by atoms with Gasteiger partial charge in [-0.05, 0) is 29.8 Å². The highest BCUT2D eigenvalue weighted by atomic mass is 35.5. The summed E-state index contributed by atoms with van der Waals surface area (Å²) in [6, 6.07) is 16.0. The average molecular weight is 348 g/mol. The second-order valence-electron chi connectivity index (χ2n) is 5.00. The smallest absolute Gasteiger partial charge is 0.236 e. The van der Waals surface area contributed by atoms with Crippen LogP contribution in [-0.2, 0) is 15.8 Å². The van der Waals surface area contributed by atoms with Gasteiger partial charge in [0.25, 0.3) is 0 Å². The summed E-state index contributed by atoms with van der Waals surface area (Å²) in [7, 11) is -3.45. The van der Waals surface area contributed by atoms with Crippen molar-refractivity contribution in [1.29, 1.82) is 0 Å². The van der Waals surface area contributed by atoms with Crippen molar-refractivity contribution in [3.05, 3.63) is 77.6 Å². The van der Waals surface area contributed by atoms with Gasteiger partial charge in [0.05, 0.1) is 22.7 Å². The van der Waals surface area contributed by atoms with Crippen LogP contribution < -0.4 is 4.72 Å². The van der Waals surface area contributed by atoms with Gasteiger partial charge in [0.1, 0.15) is 0 Å². The zero-order valence-corrected chi connectivity index (χ0v) is 13.6. The monoisotopic (exact) mass is 347 g/mol. The number of rotatable bonds is 5. The van der Waals surface area contributed by atoms with Gasteiger partial charge in [0.15, 0.2) is 0 Å². The molecule has 0 spiro atoms. The minimum absolute atomic E-state index is 0.0651. The molecule has 0 unspecified atom stereocenters. The number of sulfonamides is 1. The van der Waals surface area contributed by atoms with E-state index in [4.69, 9.17) is 11.6 Å². The molecule has 0 amide bonds. The lowest BCUT2D eigenvalue weighted by Crippen LogP contribution is -2.15. The fourth-order valence-electron chi connectivity index (χ4n) is 2.13. The summed E-state index contributed by atoms with van der Waals surface area (Å²) in [6.45, 7) is 0. The van der Waals surface area contributed by atoms with Crippen molar-refractivity contribution in [3.8, 4) is 5.69 Å². The van der Waals surface area contributed by atoms with Gasteiger partial charge in [-0.3, -0.25) is 4.72 Å². The first-order chi connectivity index (χ1) is 11.0. The van der Waals surface area contributed by atoms with Crippen LogP contribution in [0.4, 0.5) is 5.69 Å². The first-order valence-electron chi connectivity index (χ1n) is 6.87. The molecule has 3 aromatic rings. The van der Waals surface area contributed by atoms with Crippen molar-refractivity contribution in [2.45, 2.75) is 5.75 Å². The lowest BCUT2D eigenvalue weighted by atomic mass is 10.2. The Labute approximate surface area is 139 Å². The Balaban J connectivity index is 1.72. The molecule has 1 N–H and O–H groups in total. The molecule has 23 heavy (non-hydrogen) atoms. The molecule has 1 heterocycles. The molecule has 0 fully saturated rings. The van der Waals surface area contributed by atoms with E-state index in [1.165, 1.54) is 6.20 Å². The number of aromatic nitrogens is 2. The SMILES string of the molecule is O=S(=O)(Cc1ccccc1)Nc1ccc(-n2cc(Cl)cn2)cc1. The van der Waals surface area contributed by atoms with Gasteiger partial charge < -0.3 is 0 Å². The molecule has 0 saturated carbocycles. The molecule has 0 aliphatic carbocycles. The summed E-state index contributed by atoms with van der Waals surface area (Å²) < 4.78 is 28.5. The maximum atomic E-state index is 12.2. The largest absolute Gasteiger partial charge is 0.283 e. The molecule has 5 nitrogen and oxygen atoms in total. The summed E-state index contributed by atoms with van der Waals surface area (Å²) in [5.41, 5.74) is 2.04. The summed E-state index contributed by atoms with van der Waals surface area (Å²) in [5.74, 6) is -0.0651. The molecule has 0 atom stereocenters. The fraction of sp³-hybridized carbons (Fsp3) is 0.0625. The number of hydrogen-bond acceptors (Lipinski definition) is 3. The Morgan fingerprint density at radius 1 is 1.04 bits per heavy atom. The molecule has 7 heteroatoms. The van der Waals surface area contributed by atoms with E-state index < -0.39 is 10.0 Å². The first kappa shape index (κ1) is 15.6. The molecule has 3 rings (SSSR count). The Hall–Kier alpha value is -2.31. The van der Waals surface area contributed by atoms with Crippen LogP contribution in [0.3, 0.4) is 0 Å². The molecule has 1 aromatic heterocycles. The van der Waals surface area contributed by atoms with Gasteiger partial charge in [-0.15, -0.1) is 0 Å². The van der Waals surface area contributed by atoms with E-state index in [0.29, 0.717) is 10.7 Å². The van der Waals surface area contributed by atoms with Crippen LogP contribution in [0.2, 0.25) is 5.02 Å². The zero-order valence-electron chi connectivity index (χ0n) is 12.1. The zero-order chi connectivity index (χ0) is 16.3. The minimum Gasteiger partial charge on any atom is -0.283 e. The summed E-state index contributed by atoms with van der Waals surface area (Å²) >= 11 is 5.83. The van der Waals surface area contributed by atoms with Gasteiger partial charge in [-0.1, -0.05) is 41.9 Å². The molecular weight excluding hydrogens is 334 g/mol. The topological polar surface area (TPSA) is 64.0 Å². The summed E-state index contributed by atoms with van der Waals surface area (Å²) in [5, 5.41) is 4.63. The molecule has 2 aromatic carbocycles. The number of anilines is 1. The molecule has 0 bridgehead atoms. The standard InChI is InChI=1S/C16H14ClN3O2S/c17-14-10-18-20(11-14)16-8-6-15(7-9-16)19-23(21,22)12-13-4-2-1-3-5-13/h1-11,19H,12H2. The molecule has 0 radical (unpaired) electrons. The highest BCUT2D eigenvalue weighted by molar-refractivity contribution is 7.91. The van der Waals surface area contributed by atoms with Crippen LogP contribution in [0.5, 0.6) is 0 Å². The van der Waals surface area contributed by atoms with Crippen LogP contribution in [-0.4, -0.2) is 18.2 Å². The van der Waals surface area contributed by atoms with Crippen LogP contribution in [0, 0.1) is 0 Å². The summed E-state index contributed by atoms with van der Waals surface area (Å²) in [4.78, 5) is 0. The second kappa shape index (κ2) is 6.44. The van der Waals surface area contributed by atoms with Crippen molar-refractivity contribution in [2.24, 2.45) is 0 Å². The Morgan fingerprint density at radius 3 is 2.35 bits per heavy atom. The third-order valence-corrected chi connectivity index (χ3v) is 4.61. The first-order valence-corrected chi connectivity index (χ1v) is 8.90. The van der Waals surface area contributed by atoms with Crippen LogP contribution in [0.15, 0.2) is 67.0 Å². The van der Waals surface area contributed by atoms with Crippen LogP contribution in [0.1, 0.15) is 5.56 Å². The van der Waals surface area contributed by atoms with Crippen molar-refractivity contribution in [2.75, 3.05) is 4.72 Å². The third-order valence-electron chi connectivity index (χ3n) is 3.16. The predicted molar refractivity (Wildman–Crippen MR) is 91.3 cm³/mol. The van der Waals surface area contributed by atoms with E-state index in [9.17, 15) is 8.42 Å². The van der Waals surface area contributed by atoms with Crippen LogP contribution in [0.25, 0.3) is 5.69 Å². The maximum Gasteiger partial charge on any atom is 0.236 e. The molecule has 0 aliphatic heterocycles. The second-order valence-corrected chi connectivity index (χ2v) is 7.16. The third kappa shape index (κ3) is 4.12. The highest BCUT2D eigenvalue weighted by Crippen LogP contribution is 2.17. The van der Waals surface area contributed by atoms with Gasteiger partial charge in [-0.25, -0.2) is 13.1 Å².